The van der Waals surface area contributed by atoms with Crippen LogP contribution in [0.5, 0.6) is 5.75 Å². The number of benzene rings is 1. The summed E-state index contributed by atoms with van der Waals surface area (Å²) in [4.78, 5) is 0. The van der Waals surface area contributed by atoms with Gasteiger partial charge in [0.1, 0.15) is 12.4 Å². The van der Waals surface area contributed by atoms with E-state index in [2.05, 4.69) is 38.7 Å². The molecule has 0 saturated heterocycles. The van der Waals surface area contributed by atoms with Gasteiger partial charge in [-0.2, -0.15) is 0 Å². The van der Waals surface area contributed by atoms with Crippen LogP contribution >= 0.6 is 11.6 Å². The van der Waals surface area contributed by atoms with Crippen LogP contribution in [0.15, 0.2) is 29.8 Å². The van der Waals surface area contributed by atoms with Gasteiger partial charge in [-0.1, -0.05) is 42.8 Å². The second kappa shape index (κ2) is 7.45. The molecule has 0 aromatic heterocycles. The summed E-state index contributed by atoms with van der Waals surface area (Å²) in [7, 11) is 0. The van der Waals surface area contributed by atoms with Crippen LogP contribution in [-0.4, -0.2) is 13.2 Å². The molecule has 0 heterocycles. The van der Waals surface area contributed by atoms with Gasteiger partial charge in [-0.15, -0.1) is 0 Å². The Morgan fingerprint density at radius 1 is 1.50 bits per heavy atom. The molecule has 0 fully saturated rings. The summed E-state index contributed by atoms with van der Waals surface area (Å²) >= 11 is 5.74. The predicted molar refractivity (Wildman–Crippen MR) is 78.4 cm³/mol. The average Bonchev–Trinajstić information content (AvgIpc) is 2.34. The Balaban J connectivity index is 2.84. The van der Waals surface area contributed by atoms with Crippen molar-refractivity contribution in [1.82, 2.24) is 5.32 Å². The summed E-state index contributed by atoms with van der Waals surface area (Å²) in [5.41, 5.74) is 2.40. The van der Waals surface area contributed by atoms with E-state index in [1.807, 2.05) is 12.1 Å². The van der Waals surface area contributed by atoms with E-state index in [1.165, 1.54) is 11.1 Å². The van der Waals surface area contributed by atoms with Gasteiger partial charge in [0.25, 0.3) is 0 Å². The summed E-state index contributed by atoms with van der Waals surface area (Å²) < 4.78 is 5.68. The van der Waals surface area contributed by atoms with E-state index < -0.39 is 0 Å². The molecular weight excluding hydrogens is 246 g/mol. The second-order valence-corrected chi connectivity index (χ2v) is 5.06. The maximum absolute atomic E-state index is 5.74. The van der Waals surface area contributed by atoms with Crippen molar-refractivity contribution in [2.45, 2.75) is 33.2 Å². The smallest absolute Gasteiger partial charge is 0.124 e. The first-order chi connectivity index (χ1) is 8.54. The van der Waals surface area contributed by atoms with E-state index in [-0.39, 0.29) is 6.04 Å². The van der Waals surface area contributed by atoms with E-state index in [9.17, 15) is 0 Å². The number of nitrogens with one attached hydrogen (secondary N) is 1. The van der Waals surface area contributed by atoms with Gasteiger partial charge in [-0.25, -0.2) is 0 Å². The van der Waals surface area contributed by atoms with Gasteiger partial charge in [0.15, 0.2) is 0 Å². The number of hydrogen-bond acceptors (Lipinski definition) is 2. The van der Waals surface area contributed by atoms with Crippen LogP contribution in [0.3, 0.4) is 0 Å². The van der Waals surface area contributed by atoms with Gasteiger partial charge in [0.2, 0.25) is 0 Å². The topological polar surface area (TPSA) is 21.3 Å². The van der Waals surface area contributed by atoms with Gasteiger partial charge in [-0.05, 0) is 32.9 Å². The lowest BCUT2D eigenvalue weighted by atomic mass is 10.0. The molecule has 2 nitrogen and oxygen atoms in total. The molecular formula is C15H22ClNO. The Morgan fingerprint density at radius 2 is 2.22 bits per heavy atom. The van der Waals surface area contributed by atoms with Crippen molar-refractivity contribution >= 4 is 11.6 Å². The molecule has 1 unspecified atom stereocenters. The number of ether oxygens (including phenoxy) is 1. The maximum atomic E-state index is 5.74. The average molecular weight is 268 g/mol. The Hall–Kier alpha value is -0.990. The van der Waals surface area contributed by atoms with Gasteiger partial charge < -0.3 is 10.1 Å². The molecule has 1 atom stereocenters. The highest BCUT2D eigenvalue weighted by Crippen LogP contribution is 2.26. The molecule has 1 aromatic carbocycles. The van der Waals surface area contributed by atoms with Crippen molar-refractivity contribution in [3.05, 3.63) is 40.9 Å². The minimum Gasteiger partial charge on any atom is -0.488 e. The number of aryl methyl sites for hydroxylation is 1. The number of hydrogen-bond donors (Lipinski definition) is 1. The maximum Gasteiger partial charge on any atom is 0.124 e. The lowest BCUT2D eigenvalue weighted by molar-refractivity contribution is 0.350. The summed E-state index contributed by atoms with van der Waals surface area (Å²) in [6.45, 7) is 11.4. The van der Waals surface area contributed by atoms with Crippen LogP contribution < -0.4 is 10.1 Å². The highest BCUT2D eigenvalue weighted by Gasteiger charge is 2.11. The van der Waals surface area contributed by atoms with Crippen LogP contribution in [0.4, 0.5) is 0 Å². The van der Waals surface area contributed by atoms with Gasteiger partial charge in [0.05, 0.1) is 0 Å². The van der Waals surface area contributed by atoms with Crippen LogP contribution in [0.2, 0.25) is 0 Å². The quantitative estimate of drug-likeness (QED) is 0.800. The van der Waals surface area contributed by atoms with E-state index in [0.717, 1.165) is 18.7 Å². The predicted octanol–water partition coefficient (Wildman–Crippen LogP) is 4.19. The number of halogens is 1. The first kappa shape index (κ1) is 15.1. The normalized spacial score (nSPS) is 12.2. The zero-order valence-corrected chi connectivity index (χ0v) is 12.2. The zero-order chi connectivity index (χ0) is 13.5. The molecule has 0 aliphatic carbocycles. The molecule has 0 radical (unpaired) electrons. The Bertz CT molecular complexity index is 403. The molecule has 3 heteroatoms. The summed E-state index contributed by atoms with van der Waals surface area (Å²) in [5.74, 6) is 0.874. The molecule has 0 aliphatic rings. The highest BCUT2D eigenvalue weighted by atomic mass is 35.5. The molecule has 0 spiro atoms. The lowest BCUT2D eigenvalue weighted by Gasteiger charge is -2.18. The fourth-order valence-corrected chi connectivity index (χ4v) is 1.82. The Kier molecular flexibility index (Phi) is 6.23. The zero-order valence-electron chi connectivity index (χ0n) is 11.4. The van der Waals surface area contributed by atoms with Crippen molar-refractivity contribution < 1.29 is 4.74 Å². The van der Waals surface area contributed by atoms with E-state index in [0.29, 0.717) is 11.6 Å². The third-order valence-corrected chi connectivity index (χ3v) is 2.83. The summed E-state index contributed by atoms with van der Waals surface area (Å²) in [6.07, 6.45) is 1.12. The minimum absolute atomic E-state index is 0.267. The number of rotatable bonds is 7. The molecule has 0 saturated carbocycles. The van der Waals surface area contributed by atoms with E-state index in [4.69, 9.17) is 16.3 Å². The molecule has 0 aliphatic heterocycles. The molecule has 0 amide bonds. The molecule has 0 bridgehead atoms. The van der Waals surface area contributed by atoms with E-state index >= 15 is 0 Å². The molecule has 1 rings (SSSR count). The van der Waals surface area contributed by atoms with Crippen molar-refractivity contribution in [2.24, 2.45) is 0 Å². The van der Waals surface area contributed by atoms with Crippen LogP contribution in [-0.2, 0) is 0 Å². The van der Waals surface area contributed by atoms with Crippen LogP contribution in [0.1, 0.15) is 37.4 Å². The summed E-state index contributed by atoms with van der Waals surface area (Å²) in [6, 6.07) is 6.46. The molecule has 1 aromatic rings. The van der Waals surface area contributed by atoms with Gasteiger partial charge >= 0.3 is 0 Å². The monoisotopic (exact) mass is 267 g/mol. The van der Waals surface area contributed by atoms with Crippen molar-refractivity contribution in [3.63, 3.8) is 0 Å². The lowest BCUT2D eigenvalue weighted by Crippen LogP contribution is -2.20. The third kappa shape index (κ3) is 4.71. The molecule has 100 valence electrons. The third-order valence-electron chi connectivity index (χ3n) is 2.72. The SMILES string of the molecule is C=C(Cl)COc1ccc(C)cc1C(C)NCCC. The highest BCUT2D eigenvalue weighted by molar-refractivity contribution is 6.29. The largest absolute Gasteiger partial charge is 0.488 e. The van der Waals surface area contributed by atoms with Gasteiger partial charge in [0, 0.05) is 16.6 Å². The Morgan fingerprint density at radius 3 is 2.83 bits per heavy atom. The standard InChI is InChI=1S/C15H22ClNO/c1-5-8-17-13(4)14-9-11(2)6-7-15(14)18-10-12(3)16/h6-7,9,13,17H,3,5,8,10H2,1-2,4H3. The molecule has 18 heavy (non-hydrogen) atoms. The van der Waals surface area contributed by atoms with Crippen molar-refractivity contribution in [3.8, 4) is 5.75 Å². The summed E-state index contributed by atoms with van der Waals surface area (Å²) in [5, 5.41) is 3.98. The van der Waals surface area contributed by atoms with Gasteiger partial charge in [-0.3, -0.25) is 0 Å². The van der Waals surface area contributed by atoms with E-state index in [1.54, 1.807) is 0 Å². The minimum atomic E-state index is 0.267. The first-order valence-electron chi connectivity index (χ1n) is 6.34. The van der Waals surface area contributed by atoms with Crippen LogP contribution in [0.25, 0.3) is 0 Å². The first-order valence-corrected chi connectivity index (χ1v) is 6.72. The Labute approximate surface area is 115 Å². The fourth-order valence-electron chi connectivity index (χ4n) is 1.76. The second-order valence-electron chi connectivity index (χ2n) is 4.52. The molecule has 1 N–H and O–H groups in total. The van der Waals surface area contributed by atoms with Crippen molar-refractivity contribution in [1.29, 1.82) is 0 Å². The fraction of sp³-hybridized carbons (Fsp3) is 0.467. The van der Waals surface area contributed by atoms with Crippen molar-refractivity contribution in [2.75, 3.05) is 13.2 Å². The van der Waals surface area contributed by atoms with Crippen LogP contribution in [0, 0.1) is 6.92 Å².